The molecule has 8 nitrogen and oxygen atoms in total. The van der Waals surface area contributed by atoms with Gasteiger partial charge in [-0.15, -0.1) is 0 Å². The van der Waals surface area contributed by atoms with Crippen LogP contribution in [-0.2, 0) is 9.59 Å². The monoisotopic (exact) mass is 314 g/mol. The van der Waals surface area contributed by atoms with Crippen molar-refractivity contribution in [1.29, 1.82) is 0 Å². The van der Waals surface area contributed by atoms with Gasteiger partial charge in [0, 0.05) is 11.1 Å². The van der Waals surface area contributed by atoms with Crippen LogP contribution in [0.4, 0.5) is 0 Å². The van der Waals surface area contributed by atoms with Crippen molar-refractivity contribution in [2.24, 2.45) is 0 Å². The number of aliphatic hydroxyl groups excluding tert-OH is 6. The van der Waals surface area contributed by atoms with Gasteiger partial charge in [-0.25, -0.2) is 0 Å². The number of rotatable bonds is 0. The lowest BCUT2D eigenvalue weighted by Gasteiger charge is -2.32. The molecule has 0 saturated carbocycles. The van der Waals surface area contributed by atoms with Crippen LogP contribution in [0.25, 0.3) is 0 Å². The summed E-state index contributed by atoms with van der Waals surface area (Å²) in [6.45, 7) is 0. The van der Waals surface area contributed by atoms with Crippen LogP contribution < -0.4 is 0 Å². The molecule has 8 heteroatoms. The molecular weight excluding hydrogens is 296 g/mol. The van der Waals surface area contributed by atoms with Crippen molar-refractivity contribution in [2.75, 3.05) is 0 Å². The molecule has 0 aromatic rings. The van der Waals surface area contributed by atoms with Gasteiger partial charge in [0.1, 0.15) is 24.4 Å². The second kappa shape index (κ2) is 6.37. The lowest BCUT2D eigenvalue weighted by Crippen LogP contribution is -2.48. The second-order valence-corrected chi connectivity index (χ2v) is 5.47. The average Bonchev–Trinajstić information content (AvgIpc) is 2.50. The summed E-state index contributed by atoms with van der Waals surface area (Å²) >= 11 is 0. The average molecular weight is 314 g/mol. The molecule has 0 amide bonds. The van der Waals surface area contributed by atoms with Gasteiger partial charge in [-0.3, -0.25) is 9.59 Å². The highest BCUT2D eigenvalue weighted by Gasteiger charge is 2.41. The van der Waals surface area contributed by atoms with Crippen LogP contribution in [-0.4, -0.2) is 78.8 Å². The van der Waals surface area contributed by atoms with Crippen molar-refractivity contribution in [1.82, 2.24) is 0 Å². The summed E-state index contributed by atoms with van der Waals surface area (Å²) in [5.74, 6) is -1.65. The predicted molar refractivity (Wildman–Crippen MR) is 71.5 cm³/mol. The highest BCUT2D eigenvalue weighted by atomic mass is 16.4. The van der Waals surface area contributed by atoms with Crippen molar-refractivity contribution in [3.05, 3.63) is 23.3 Å². The van der Waals surface area contributed by atoms with Gasteiger partial charge >= 0.3 is 0 Å². The summed E-state index contributed by atoms with van der Waals surface area (Å²) in [6, 6.07) is 0. The molecule has 0 heterocycles. The summed E-state index contributed by atoms with van der Waals surface area (Å²) in [4.78, 5) is 23.9. The third kappa shape index (κ3) is 2.89. The van der Waals surface area contributed by atoms with Gasteiger partial charge in [0.15, 0.2) is 11.6 Å². The van der Waals surface area contributed by atoms with Crippen LogP contribution in [0.15, 0.2) is 23.3 Å². The summed E-state index contributed by atoms with van der Waals surface area (Å²) in [7, 11) is 0. The number of ketones is 2. The molecule has 0 saturated heterocycles. The minimum Gasteiger partial charge on any atom is -0.390 e. The Hall–Kier alpha value is -1.42. The van der Waals surface area contributed by atoms with E-state index in [1.807, 2.05) is 0 Å². The fourth-order valence-corrected chi connectivity index (χ4v) is 2.65. The van der Waals surface area contributed by atoms with Crippen LogP contribution in [0.2, 0.25) is 0 Å². The van der Waals surface area contributed by atoms with E-state index in [2.05, 4.69) is 0 Å². The maximum absolute atomic E-state index is 11.9. The van der Waals surface area contributed by atoms with Crippen molar-refractivity contribution in [3.8, 4) is 0 Å². The van der Waals surface area contributed by atoms with Gasteiger partial charge in [0.25, 0.3) is 0 Å². The Morgan fingerprint density at radius 1 is 0.682 bits per heavy atom. The maximum atomic E-state index is 11.9. The molecule has 0 bridgehead atoms. The molecule has 0 spiro atoms. The van der Waals surface area contributed by atoms with Crippen molar-refractivity contribution in [3.63, 3.8) is 0 Å². The van der Waals surface area contributed by atoms with Crippen LogP contribution in [0.1, 0.15) is 12.8 Å². The molecule has 2 rings (SSSR count). The zero-order valence-electron chi connectivity index (χ0n) is 11.5. The quantitative estimate of drug-likeness (QED) is 0.258. The van der Waals surface area contributed by atoms with E-state index in [-0.39, 0.29) is 12.8 Å². The molecule has 0 aromatic carbocycles. The molecule has 6 atom stereocenters. The van der Waals surface area contributed by atoms with E-state index in [4.69, 9.17) is 0 Å². The van der Waals surface area contributed by atoms with Crippen LogP contribution in [0.5, 0.6) is 0 Å². The molecule has 0 aliphatic heterocycles. The minimum atomic E-state index is -1.90. The van der Waals surface area contributed by atoms with Gasteiger partial charge in [-0.1, -0.05) is 0 Å². The fraction of sp³-hybridized carbons (Fsp3) is 0.571. The Balaban J connectivity index is 2.58. The predicted octanol–water partition coefficient (Wildman–Crippen LogP) is -3.05. The summed E-state index contributed by atoms with van der Waals surface area (Å²) in [5, 5.41) is 59.6. The first kappa shape index (κ1) is 16.9. The molecule has 0 aromatic heterocycles. The Bertz CT molecular complexity index is 491. The lowest BCUT2D eigenvalue weighted by atomic mass is 9.81. The standard InChI is InChI=1S/C14H18O8/c15-5-1-2-6(16)10-9(5)13(21)11(19)7(17)3-4-8(18)12(20)14(10)22/h1-2,7-8,11-14,17-22H,3-4H2/t7-,8+,11+,12-,13+,14-. The summed E-state index contributed by atoms with van der Waals surface area (Å²) in [6.07, 6.45) is -8.93. The first-order valence-electron chi connectivity index (χ1n) is 6.85. The number of carbonyl (C=O) groups excluding carboxylic acids is 2. The van der Waals surface area contributed by atoms with Gasteiger partial charge in [0.2, 0.25) is 0 Å². The zero-order chi connectivity index (χ0) is 16.6. The number of hydrogen-bond donors (Lipinski definition) is 6. The van der Waals surface area contributed by atoms with Crippen molar-refractivity contribution >= 4 is 11.6 Å². The Morgan fingerprint density at radius 2 is 1.00 bits per heavy atom. The van der Waals surface area contributed by atoms with Crippen LogP contribution in [0, 0.1) is 0 Å². The highest BCUT2D eigenvalue weighted by Crippen LogP contribution is 2.28. The van der Waals surface area contributed by atoms with E-state index in [1.54, 1.807) is 0 Å². The maximum Gasteiger partial charge on any atom is 0.185 e. The first-order chi connectivity index (χ1) is 10.3. The van der Waals surface area contributed by atoms with Crippen LogP contribution in [0.3, 0.4) is 0 Å². The van der Waals surface area contributed by atoms with Crippen molar-refractivity contribution < 1.29 is 40.2 Å². The Labute approximate surface area is 125 Å². The largest absolute Gasteiger partial charge is 0.390 e. The molecule has 122 valence electrons. The highest BCUT2D eigenvalue weighted by molar-refractivity contribution is 6.21. The lowest BCUT2D eigenvalue weighted by molar-refractivity contribution is -0.121. The van der Waals surface area contributed by atoms with E-state index in [1.165, 1.54) is 0 Å². The smallest absolute Gasteiger partial charge is 0.185 e. The number of carbonyl (C=O) groups is 2. The van der Waals surface area contributed by atoms with E-state index in [0.29, 0.717) is 0 Å². The van der Waals surface area contributed by atoms with Gasteiger partial charge in [-0.05, 0) is 25.0 Å². The van der Waals surface area contributed by atoms with E-state index in [0.717, 1.165) is 12.2 Å². The number of aliphatic hydroxyl groups is 6. The Kier molecular flexibility index (Phi) is 4.90. The molecule has 6 N–H and O–H groups in total. The summed E-state index contributed by atoms with van der Waals surface area (Å²) in [5.41, 5.74) is -1.17. The molecule has 2 aliphatic rings. The van der Waals surface area contributed by atoms with E-state index >= 15 is 0 Å². The Morgan fingerprint density at radius 3 is 1.32 bits per heavy atom. The molecule has 0 radical (unpaired) electrons. The molecule has 0 fully saturated rings. The van der Waals surface area contributed by atoms with Crippen LogP contribution >= 0.6 is 0 Å². The third-order valence-corrected chi connectivity index (χ3v) is 3.99. The SMILES string of the molecule is O=C1C=CC(=O)C2=C1[C@@H](O)[C@H](O)[C@@H](O)CC[C@@H](O)[C@H](O)[C@H]2O. The summed E-state index contributed by atoms with van der Waals surface area (Å²) < 4.78 is 0. The first-order valence-corrected chi connectivity index (χ1v) is 6.85. The molecular formula is C14H18O8. The zero-order valence-corrected chi connectivity index (χ0v) is 11.5. The number of hydrogen-bond acceptors (Lipinski definition) is 8. The van der Waals surface area contributed by atoms with Gasteiger partial charge < -0.3 is 30.6 Å². The molecule has 0 unspecified atom stereocenters. The minimum absolute atomic E-state index is 0.177. The molecule has 22 heavy (non-hydrogen) atoms. The van der Waals surface area contributed by atoms with Crippen molar-refractivity contribution in [2.45, 2.75) is 49.5 Å². The van der Waals surface area contributed by atoms with E-state index in [9.17, 15) is 40.2 Å². The molecule has 2 aliphatic carbocycles. The normalized spacial score (nSPS) is 40.6. The second-order valence-electron chi connectivity index (χ2n) is 5.47. The number of allylic oxidation sites excluding steroid dienone is 2. The fourth-order valence-electron chi connectivity index (χ4n) is 2.65. The third-order valence-electron chi connectivity index (χ3n) is 3.99. The van der Waals surface area contributed by atoms with Gasteiger partial charge in [0.05, 0.1) is 12.2 Å². The van der Waals surface area contributed by atoms with Gasteiger partial charge in [-0.2, -0.15) is 0 Å². The topological polar surface area (TPSA) is 156 Å². The van der Waals surface area contributed by atoms with E-state index < -0.39 is 59.3 Å².